The minimum Gasteiger partial charge on any atom is -0.375 e. The van der Waals surface area contributed by atoms with Gasteiger partial charge in [0.05, 0.1) is 11.4 Å². The van der Waals surface area contributed by atoms with Crippen molar-refractivity contribution in [3.05, 3.63) is 11.1 Å². The van der Waals surface area contributed by atoms with Crippen LogP contribution in [0, 0.1) is 0 Å². The van der Waals surface area contributed by atoms with E-state index in [4.69, 9.17) is 5.73 Å². The molecule has 1 heterocycles. The molecule has 0 aromatic carbocycles. The third kappa shape index (κ3) is 2.07. The van der Waals surface area contributed by atoms with Gasteiger partial charge in [-0.15, -0.1) is 11.3 Å². The Labute approximate surface area is 65.7 Å². The lowest BCUT2D eigenvalue weighted by Gasteiger charge is -1.87. The van der Waals surface area contributed by atoms with Crippen LogP contribution in [-0.4, -0.2) is 15.4 Å². The van der Waals surface area contributed by atoms with Crippen LogP contribution in [0.1, 0.15) is 5.69 Å². The zero-order chi connectivity index (χ0) is 7.56. The molecule has 0 aliphatic rings. The van der Waals surface area contributed by atoms with Crippen molar-refractivity contribution in [3.8, 4) is 0 Å². The number of anilines is 1. The van der Waals surface area contributed by atoms with Crippen molar-refractivity contribution in [2.45, 2.75) is 5.75 Å². The lowest BCUT2D eigenvalue weighted by Crippen LogP contribution is -1.92. The predicted molar refractivity (Wildman–Crippen MR) is 44.3 cm³/mol. The molecule has 1 atom stereocenters. The van der Waals surface area contributed by atoms with Crippen LogP contribution in [-0.2, 0) is 16.6 Å². The largest absolute Gasteiger partial charge is 0.375 e. The maximum Gasteiger partial charge on any atom is 0.180 e. The molecule has 5 heteroatoms. The second kappa shape index (κ2) is 3.12. The maximum absolute atomic E-state index is 10.7. The van der Waals surface area contributed by atoms with E-state index < -0.39 is 10.8 Å². The second-order valence-corrected chi connectivity index (χ2v) is 4.22. The summed E-state index contributed by atoms with van der Waals surface area (Å²) in [5.41, 5.74) is 6.19. The van der Waals surface area contributed by atoms with Gasteiger partial charge < -0.3 is 5.73 Å². The number of nitrogens with zero attached hydrogens (tertiary/aromatic N) is 1. The van der Waals surface area contributed by atoms with Gasteiger partial charge in [-0.25, -0.2) is 4.98 Å². The molecule has 0 spiro atoms. The Balaban J connectivity index is 2.67. The normalized spacial score (nSPS) is 13.3. The molecule has 0 bridgehead atoms. The van der Waals surface area contributed by atoms with E-state index in [-0.39, 0.29) is 0 Å². The average Bonchev–Trinajstić information content (AvgIpc) is 2.13. The molecule has 0 radical (unpaired) electrons. The molecule has 0 saturated heterocycles. The Bertz CT molecular complexity index is 246. The summed E-state index contributed by atoms with van der Waals surface area (Å²) >= 11 is 1.38. The summed E-state index contributed by atoms with van der Waals surface area (Å²) in [6, 6.07) is 0. The van der Waals surface area contributed by atoms with E-state index in [0.29, 0.717) is 10.9 Å². The fourth-order valence-electron chi connectivity index (χ4n) is 0.597. The van der Waals surface area contributed by atoms with Gasteiger partial charge in [-0.05, 0) is 0 Å². The van der Waals surface area contributed by atoms with E-state index in [2.05, 4.69) is 4.98 Å². The molecule has 1 aromatic heterocycles. The van der Waals surface area contributed by atoms with Crippen LogP contribution in [0.15, 0.2) is 5.38 Å². The summed E-state index contributed by atoms with van der Waals surface area (Å²) in [7, 11) is -0.815. The van der Waals surface area contributed by atoms with Gasteiger partial charge in [-0.3, -0.25) is 4.21 Å². The van der Waals surface area contributed by atoms with Gasteiger partial charge in [0.1, 0.15) is 0 Å². The fourth-order valence-corrected chi connectivity index (χ4v) is 1.83. The highest BCUT2D eigenvalue weighted by Gasteiger charge is 1.99. The van der Waals surface area contributed by atoms with Crippen molar-refractivity contribution in [2.24, 2.45) is 0 Å². The van der Waals surface area contributed by atoms with Crippen LogP contribution in [0.2, 0.25) is 0 Å². The summed E-state index contributed by atoms with van der Waals surface area (Å²) < 4.78 is 10.7. The number of rotatable bonds is 2. The van der Waals surface area contributed by atoms with Gasteiger partial charge >= 0.3 is 0 Å². The number of nitrogens with two attached hydrogens (primary N) is 1. The molecule has 0 unspecified atom stereocenters. The first kappa shape index (κ1) is 7.68. The molecular formula is C5H8N2OS2. The average molecular weight is 176 g/mol. The monoisotopic (exact) mass is 176 g/mol. The highest BCUT2D eigenvalue weighted by Crippen LogP contribution is 2.11. The zero-order valence-electron chi connectivity index (χ0n) is 5.53. The molecule has 2 N–H and O–H groups in total. The van der Waals surface area contributed by atoms with E-state index in [1.54, 1.807) is 6.26 Å². The Morgan fingerprint density at radius 3 is 3.00 bits per heavy atom. The Hall–Kier alpha value is -0.420. The number of hydrogen-bond donors (Lipinski definition) is 1. The molecule has 56 valence electrons. The van der Waals surface area contributed by atoms with Crippen LogP contribution >= 0.6 is 11.3 Å². The third-order valence-corrected chi connectivity index (χ3v) is 2.35. The van der Waals surface area contributed by atoms with Gasteiger partial charge in [-0.2, -0.15) is 0 Å². The molecule has 1 rings (SSSR count). The smallest absolute Gasteiger partial charge is 0.180 e. The first-order valence-corrected chi connectivity index (χ1v) is 5.29. The maximum atomic E-state index is 10.7. The van der Waals surface area contributed by atoms with E-state index in [9.17, 15) is 4.21 Å². The molecule has 1 aromatic rings. The first-order chi connectivity index (χ1) is 4.68. The van der Waals surface area contributed by atoms with E-state index >= 15 is 0 Å². The van der Waals surface area contributed by atoms with Crippen molar-refractivity contribution < 1.29 is 4.21 Å². The van der Waals surface area contributed by atoms with Crippen LogP contribution in [0.25, 0.3) is 0 Å². The van der Waals surface area contributed by atoms with E-state index in [0.717, 1.165) is 5.69 Å². The number of thiazole rings is 1. The summed E-state index contributed by atoms with van der Waals surface area (Å²) in [6.45, 7) is 0. The van der Waals surface area contributed by atoms with Crippen molar-refractivity contribution in [3.63, 3.8) is 0 Å². The van der Waals surface area contributed by atoms with Crippen LogP contribution < -0.4 is 5.73 Å². The Morgan fingerprint density at radius 1 is 1.90 bits per heavy atom. The van der Waals surface area contributed by atoms with Crippen molar-refractivity contribution in [1.29, 1.82) is 0 Å². The molecule has 0 aliphatic heterocycles. The minimum absolute atomic E-state index is 0.508. The minimum atomic E-state index is -0.815. The topological polar surface area (TPSA) is 56.0 Å². The van der Waals surface area contributed by atoms with Crippen molar-refractivity contribution in [1.82, 2.24) is 4.98 Å². The molecule has 0 aliphatic carbocycles. The lowest BCUT2D eigenvalue weighted by atomic mass is 10.6. The van der Waals surface area contributed by atoms with Crippen LogP contribution in [0.5, 0.6) is 0 Å². The zero-order valence-corrected chi connectivity index (χ0v) is 7.17. The molecule has 0 fully saturated rings. The van der Waals surface area contributed by atoms with Gasteiger partial charge in [0, 0.05) is 22.4 Å². The number of aromatic nitrogens is 1. The molecule has 0 saturated carbocycles. The summed E-state index contributed by atoms with van der Waals surface area (Å²) in [4.78, 5) is 3.95. The highest BCUT2D eigenvalue weighted by molar-refractivity contribution is 7.83. The molecule has 0 amide bonds. The van der Waals surface area contributed by atoms with Crippen molar-refractivity contribution >= 4 is 27.3 Å². The first-order valence-electron chi connectivity index (χ1n) is 2.68. The van der Waals surface area contributed by atoms with Gasteiger partial charge in [-0.1, -0.05) is 0 Å². The van der Waals surface area contributed by atoms with Crippen LogP contribution in [0.4, 0.5) is 5.13 Å². The van der Waals surface area contributed by atoms with Gasteiger partial charge in [0.25, 0.3) is 0 Å². The third-order valence-electron chi connectivity index (χ3n) is 0.921. The van der Waals surface area contributed by atoms with Crippen molar-refractivity contribution in [2.75, 3.05) is 12.0 Å². The predicted octanol–water partition coefficient (Wildman–Crippen LogP) is 0.604. The quantitative estimate of drug-likeness (QED) is 0.718. The summed E-state index contributed by atoms with van der Waals surface area (Å²) in [5.74, 6) is 0.508. The Kier molecular flexibility index (Phi) is 2.39. The fraction of sp³-hybridized carbons (Fsp3) is 0.400. The van der Waals surface area contributed by atoms with E-state index in [1.165, 1.54) is 11.3 Å². The van der Waals surface area contributed by atoms with E-state index in [1.807, 2.05) is 5.38 Å². The number of hydrogen-bond acceptors (Lipinski definition) is 4. The highest BCUT2D eigenvalue weighted by atomic mass is 32.2. The lowest BCUT2D eigenvalue weighted by molar-refractivity contribution is 0.686. The summed E-state index contributed by atoms with van der Waals surface area (Å²) in [6.07, 6.45) is 1.65. The Morgan fingerprint density at radius 2 is 2.60 bits per heavy atom. The molecular weight excluding hydrogens is 168 g/mol. The van der Waals surface area contributed by atoms with Gasteiger partial charge in [0.2, 0.25) is 0 Å². The second-order valence-electron chi connectivity index (χ2n) is 1.89. The molecule has 3 nitrogen and oxygen atoms in total. The van der Waals surface area contributed by atoms with Gasteiger partial charge in [0.15, 0.2) is 5.13 Å². The summed E-state index contributed by atoms with van der Waals surface area (Å²) in [5, 5.41) is 2.37. The standard InChI is InChI=1S/C5H8N2OS2/c1-10(8)3-4-2-9-5(6)7-4/h2H,3H2,1H3,(H2,6,7)/t10-/m0/s1. The number of nitrogen functional groups attached to an aromatic ring is 1. The van der Waals surface area contributed by atoms with Crippen LogP contribution in [0.3, 0.4) is 0 Å². The molecule has 10 heavy (non-hydrogen) atoms. The SMILES string of the molecule is C[S@](=O)Cc1csc(N)n1.